The molecule has 2 nitrogen and oxygen atoms in total. The van der Waals surface area contributed by atoms with Gasteiger partial charge < -0.3 is 10.4 Å². The Morgan fingerprint density at radius 1 is 1.64 bits per heavy atom. The highest BCUT2D eigenvalue weighted by atomic mass is 16.3. The number of nitrogens with one attached hydrogen (secondary N) is 1. The summed E-state index contributed by atoms with van der Waals surface area (Å²) in [7, 11) is 0. The summed E-state index contributed by atoms with van der Waals surface area (Å²) in [6.07, 6.45) is 3.13. The van der Waals surface area contributed by atoms with E-state index in [1.54, 1.807) is 0 Å². The van der Waals surface area contributed by atoms with Crippen molar-refractivity contribution in [1.29, 1.82) is 0 Å². The monoisotopic (exact) mass is 157 g/mol. The van der Waals surface area contributed by atoms with Crippen LogP contribution in [0.3, 0.4) is 0 Å². The minimum absolute atomic E-state index is 0.432. The zero-order valence-corrected chi connectivity index (χ0v) is 7.56. The molecule has 0 radical (unpaired) electrons. The first-order valence-electron chi connectivity index (χ1n) is 4.60. The lowest BCUT2D eigenvalue weighted by atomic mass is 9.85. The minimum atomic E-state index is -0.432. The van der Waals surface area contributed by atoms with Crippen LogP contribution in [0.15, 0.2) is 0 Å². The zero-order valence-electron chi connectivity index (χ0n) is 7.56. The first-order chi connectivity index (χ1) is 5.17. The summed E-state index contributed by atoms with van der Waals surface area (Å²) in [5, 5.41) is 13.3. The summed E-state index contributed by atoms with van der Waals surface area (Å²) < 4.78 is 0. The number of rotatable bonds is 3. The lowest BCUT2D eigenvalue weighted by molar-refractivity contribution is -0.00168. The number of hydrogen-bond donors (Lipinski definition) is 2. The van der Waals surface area contributed by atoms with Gasteiger partial charge >= 0.3 is 0 Å². The molecule has 0 bridgehead atoms. The van der Waals surface area contributed by atoms with E-state index in [4.69, 9.17) is 0 Å². The highest BCUT2D eigenvalue weighted by molar-refractivity contribution is 4.87. The van der Waals surface area contributed by atoms with E-state index >= 15 is 0 Å². The highest BCUT2D eigenvalue weighted by Gasteiger charge is 2.32. The van der Waals surface area contributed by atoms with Crippen molar-refractivity contribution < 1.29 is 5.11 Å². The second-order valence-corrected chi connectivity index (χ2v) is 3.80. The maximum absolute atomic E-state index is 9.97. The molecule has 2 atom stereocenters. The normalized spacial score (nSPS) is 30.3. The molecule has 1 heterocycles. The average Bonchev–Trinajstić information content (AvgIpc) is 2.37. The van der Waals surface area contributed by atoms with Crippen molar-refractivity contribution >= 4 is 0 Å². The van der Waals surface area contributed by atoms with Gasteiger partial charge in [0.05, 0.1) is 5.60 Å². The van der Waals surface area contributed by atoms with Crippen molar-refractivity contribution in [3.63, 3.8) is 0 Å². The molecule has 0 saturated carbocycles. The molecule has 0 aliphatic carbocycles. The fraction of sp³-hybridized carbons (Fsp3) is 1.00. The third-order valence-electron chi connectivity index (χ3n) is 2.70. The quantitative estimate of drug-likeness (QED) is 0.644. The van der Waals surface area contributed by atoms with E-state index in [-0.39, 0.29) is 0 Å². The van der Waals surface area contributed by atoms with Crippen LogP contribution in [0.1, 0.15) is 33.1 Å². The van der Waals surface area contributed by atoms with Crippen molar-refractivity contribution in [2.75, 3.05) is 13.1 Å². The van der Waals surface area contributed by atoms with Crippen molar-refractivity contribution in [2.24, 2.45) is 5.92 Å². The van der Waals surface area contributed by atoms with Crippen LogP contribution in [0.5, 0.6) is 0 Å². The Labute approximate surface area is 69.0 Å². The van der Waals surface area contributed by atoms with Crippen LogP contribution >= 0.6 is 0 Å². The van der Waals surface area contributed by atoms with E-state index < -0.39 is 5.60 Å². The molecular weight excluding hydrogens is 138 g/mol. The van der Waals surface area contributed by atoms with Gasteiger partial charge in [0, 0.05) is 12.5 Å². The van der Waals surface area contributed by atoms with E-state index in [9.17, 15) is 5.11 Å². The molecule has 0 amide bonds. The average molecular weight is 157 g/mol. The van der Waals surface area contributed by atoms with E-state index in [2.05, 4.69) is 12.2 Å². The van der Waals surface area contributed by atoms with Crippen molar-refractivity contribution in [2.45, 2.75) is 38.7 Å². The molecule has 1 aliphatic heterocycles. The summed E-state index contributed by atoms with van der Waals surface area (Å²) in [4.78, 5) is 0. The molecule has 66 valence electrons. The second kappa shape index (κ2) is 3.55. The summed E-state index contributed by atoms with van der Waals surface area (Å²) in [5.74, 6) is 0.474. The predicted octanol–water partition coefficient (Wildman–Crippen LogP) is 1.15. The van der Waals surface area contributed by atoms with Gasteiger partial charge in [0.1, 0.15) is 0 Å². The van der Waals surface area contributed by atoms with Crippen LogP contribution in [0.25, 0.3) is 0 Å². The van der Waals surface area contributed by atoms with E-state index in [1.165, 1.54) is 0 Å². The van der Waals surface area contributed by atoms with E-state index in [0.717, 1.165) is 32.4 Å². The Bertz CT molecular complexity index is 117. The molecule has 0 spiro atoms. The molecule has 0 aromatic carbocycles. The van der Waals surface area contributed by atoms with E-state index in [1.807, 2.05) is 6.92 Å². The second-order valence-electron chi connectivity index (χ2n) is 3.80. The predicted molar refractivity (Wildman–Crippen MR) is 46.5 cm³/mol. The molecule has 1 rings (SSSR count). The van der Waals surface area contributed by atoms with Gasteiger partial charge in [0.25, 0.3) is 0 Å². The third kappa shape index (κ3) is 2.17. The Morgan fingerprint density at radius 3 is 2.82 bits per heavy atom. The van der Waals surface area contributed by atoms with Crippen LogP contribution in [0.4, 0.5) is 0 Å². The van der Waals surface area contributed by atoms with Crippen LogP contribution in [0.2, 0.25) is 0 Å². The SMILES string of the molecule is CCCC(C)(O)C1CCNC1. The molecule has 1 aliphatic rings. The number of aliphatic hydroxyl groups is 1. The summed E-state index contributed by atoms with van der Waals surface area (Å²) >= 11 is 0. The van der Waals surface area contributed by atoms with Gasteiger partial charge in [-0.15, -0.1) is 0 Å². The maximum Gasteiger partial charge on any atom is 0.0660 e. The Balaban J connectivity index is 2.41. The molecule has 1 saturated heterocycles. The van der Waals surface area contributed by atoms with Crippen LogP contribution in [0, 0.1) is 5.92 Å². The summed E-state index contributed by atoms with van der Waals surface area (Å²) in [6, 6.07) is 0. The molecule has 2 N–H and O–H groups in total. The Morgan fingerprint density at radius 2 is 2.36 bits per heavy atom. The molecule has 0 aromatic rings. The van der Waals surface area contributed by atoms with Crippen molar-refractivity contribution in [3.05, 3.63) is 0 Å². The molecule has 2 unspecified atom stereocenters. The lowest BCUT2D eigenvalue weighted by Crippen LogP contribution is -2.35. The summed E-state index contributed by atoms with van der Waals surface area (Å²) in [6.45, 7) is 6.16. The smallest absolute Gasteiger partial charge is 0.0660 e. The van der Waals surface area contributed by atoms with Crippen LogP contribution < -0.4 is 5.32 Å². The van der Waals surface area contributed by atoms with Gasteiger partial charge in [0.15, 0.2) is 0 Å². The number of hydrogen-bond acceptors (Lipinski definition) is 2. The first kappa shape index (κ1) is 9.01. The third-order valence-corrected chi connectivity index (χ3v) is 2.70. The molecular formula is C9H19NO. The lowest BCUT2D eigenvalue weighted by Gasteiger charge is -2.29. The van der Waals surface area contributed by atoms with Gasteiger partial charge in [-0.25, -0.2) is 0 Å². The standard InChI is InChI=1S/C9H19NO/c1-3-5-9(2,11)8-4-6-10-7-8/h8,10-11H,3-7H2,1-2H3. The Hall–Kier alpha value is -0.0800. The summed E-state index contributed by atoms with van der Waals surface area (Å²) in [5.41, 5.74) is -0.432. The van der Waals surface area contributed by atoms with Gasteiger partial charge in [-0.05, 0) is 26.3 Å². The fourth-order valence-corrected chi connectivity index (χ4v) is 1.90. The van der Waals surface area contributed by atoms with Crippen molar-refractivity contribution in [3.8, 4) is 0 Å². The van der Waals surface area contributed by atoms with Crippen LogP contribution in [-0.2, 0) is 0 Å². The highest BCUT2D eigenvalue weighted by Crippen LogP contribution is 2.27. The fourth-order valence-electron chi connectivity index (χ4n) is 1.90. The van der Waals surface area contributed by atoms with Gasteiger partial charge in [0.2, 0.25) is 0 Å². The largest absolute Gasteiger partial charge is 0.390 e. The van der Waals surface area contributed by atoms with E-state index in [0.29, 0.717) is 5.92 Å². The zero-order chi connectivity index (χ0) is 8.32. The maximum atomic E-state index is 9.97. The molecule has 11 heavy (non-hydrogen) atoms. The van der Waals surface area contributed by atoms with Gasteiger partial charge in [-0.3, -0.25) is 0 Å². The van der Waals surface area contributed by atoms with Crippen LogP contribution in [-0.4, -0.2) is 23.8 Å². The minimum Gasteiger partial charge on any atom is -0.390 e. The Kier molecular flexibility index (Phi) is 2.90. The topological polar surface area (TPSA) is 32.3 Å². The van der Waals surface area contributed by atoms with Gasteiger partial charge in [-0.1, -0.05) is 13.3 Å². The first-order valence-corrected chi connectivity index (χ1v) is 4.60. The van der Waals surface area contributed by atoms with Crippen molar-refractivity contribution in [1.82, 2.24) is 5.32 Å². The molecule has 2 heteroatoms. The van der Waals surface area contributed by atoms with Gasteiger partial charge in [-0.2, -0.15) is 0 Å². The molecule has 1 fully saturated rings. The molecule has 0 aromatic heterocycles.